The third-order valence-electron chi connectivity index (χ3n) is 3.31. The topological polar surface area (TPSA) is 119 Å². The molecule has 8 nitrogen and oxygen atoms in total. The molecule has 1 heterocycles. The van der Waals surface area contributed by atoms with Crippen LogP contribution in [0.15, 0.2) is 22.7 Å². The number of aromatic hydroxyl groups is 1. The standard InChI is InChI=1S/C14H15N3O5/c1-7(13-8(2)16-22-9(13)3)15-14(19)11-5-4-10(17(20)21)6-12(11)18/h4-7,18H,1-3H3,(H,15,19)/t7-/m1/s1. The predicted octanol–water partition coefficient (Wildman–Crippen LogP) is 2.40. The number of benzene rings is 1. The van der Waals surface area contributed by atoms with Gasteiger partial charge in [0.1, 0.15) is 11.5 Å². The first-order chi connectivity index (χ1) is 10.3. The molecular weight excluding hydrogens is 290 g/mol. The molecule has 0 saturated heterocycles. The van der Waals surface area contributed by atoms with Crippen molar-refractivity contribution >= 4 is 11.6 Å². The van der Waals surface area contributed by atoms with E-state index in [9.17, 15) is 20.0 Å². The lowest BCUT2D eigenvalue weighted by atomic mass is 10.1. The predicted molar refractivity (Wildman–Crippen MR) is 76.6 cm³/mol. The molecule has 0 spiro atoms. The van der Waals surface area contributed by atoms with E-state index in [1.807, 2.05) is 0 Å². The minimum Gasteiger partial charge on any atom is -0.507 e. The fraction of sp³-hybridized carbons (Fsp3) is 0.286. The number of phenolic OH excluding ortho intramolecular Hbond substituents is 1. The van der Waals surface area contributed by atoms with Crippen molar-refractivity contribution in [2.24, 2.45) is 0 Å². The number of nitrogens with one attached hydrogen (secondary N) is 1. The van der Waals surface area contributed by atoms with E-state index in [1.54, 1.807) is 20.8 Å². The summed E-state index contributed by atoms with van der Waals surface area (Å²) in [5, 5.41) is 26.9. The normalized spacial score (nSPS) is 12.0. The van der Waals surface area contributed by atoms with Gasteiger partial charge in [-0.3, -0.25) is 14.9 Å². The van der Waals surface area contributed by atoms with Crippen LogP contribution in [-0.4, -0.2) is 21.1 Å². The molecule has 22 heavy (non-hydrogen) atoms. The summed E-state index contributed by atoms with van der Waals surface area (Å²) in [6.07, 6.45) is 0. The van der Waals surface area contributed by atoms with Gasteiger partial charge in [0.25, 0.3) is 11.6 Å². The fourth-order valence-electron chi connectivity index (χ4n) is 2.28. The van der Waals surface area contributed by atoms with Crippen molar-refractivity contribution in [3.05, 3.63) is 50.9 Å². The van der Waals surface area contributed by atoms with Gasteiger partial charge in [-0.2, -0.15) is 0 Å². The van der Waals surface area contributed by atoms with Crippen molar-refractivity contribution in [2.45, 2.75) is 26.8 Å². The first kappa shape index (κ1) is 15.5. The average Bonchev–Trinajstić information content (AvgIpc) is 2.77. The number of aryl methyl sites for hydroxylation is 2. The molecule has 0 saturated carbocycles. The van der Waals surface area contributed by atoms with Crippen LogP contribution < -0.4 is 5.32 Å². The van der Waals surface area contributed by atoms with E-state index < -0.39 is 16.6 Å². The highest BCUT2D eigenvalue weighted by molar-refractivity contribution is 5.97. The zero-order valence-electron chi connectivity index (χ0n) is 12.3. The quantitative estimate of drug-likeness (QED) is 0.661. The van der Waals surface area contributed by atoms with E-state index in [2.05, 4.69) is 10.5 Å². The SMILES string of the molecule is Cc1noc(C)c1[C@@H](C)NC(=O)c1ccc([N+](=O)[O-])cc1O. The molecule has 2 N–H and O–H groups in total. The summed E-state index contributed by atoms with van der Waals surface area (Å²) >= 11 is 0. The summed E-state index contributed by atoms with van der Waals surface area (Å²) < 4.78 is 5.04. The van der Waals surface area contributed by atoms with E-state index >= 15 is 0 Å². The fourth-order valence-corrected chi connectivity index (χ4v) is 2.28. The summed E-state index contributed by atoms with van der Waals surface area (Å²) in [4.78, 5) is 22.2. The maximum Gasteiger partial charge on any atom is 0.273 e. The molecule has 0 bridgehead atoms. The molecule has 0 radical (unpaired) electrons. The molecule has 2 rings (SSSR count). The maximum absolute atomic E-state index is 12.2. The van der Waals surface area contributed by atoms with Crippen molar-refractivity contribution in [1.82, 2.24) is 10.5 Å². The third-order valence-corrected chi connectivity index (χ3v) is 3.31. The smallest absolute Gasteiger partial charge is 0.273 e. The summed E-state index contributed by atoms with van der Waals surface area (Å²) in [5.74, 6) is -0.393. The highest BCUT2D eigenvalue weighted by Crippen LogP contribution is 2.25. The number of hydrogen-bond donors (Lipinski definition) is 2. The van der Waals surface area contributed by atoms with Gasteiger partial charge in [0, 0.05) is 11.6 Å². The van der Waals surface area contributed by atoms with Crippen LogP contribution in [0, 0.1) is 24.0 Å². The van der Waals surface area contributed by atoms with Crippen LogP contribution in [0.4, 0.5) is 5.69 Å². The zero-order valence-corrected chi connectivity index (χ0v) is 12.3. The van der Waals surface area contributed by atoms with Gasteiger partial charge in [0.2, 0.25) is 0 Å². The maximum atomic E-state index is 12.2. The summed E-state index contributed by atoms with van der Waals surface area (Å²) in [5.41, 5.74) is 1.10. The number of nitro groups is 1. The van der Waals surface area contributed by atoms with Crippen molar-refractivity contribution in [1.29, 1.82) is 0 Å². The Balaban J connectivity index is 2.21. The first-order valence-corrected chi connectivity index (χ1v) is 6.52. The summed E-state index contributed by atoms with van der Waals surface area (Å²) in [7, 11) is 0. The molecule has 1 aromatic heterocycles. The molecule has 1 aromatic carbocycles. The van der Waals surface area contributed by atoms with Crippen molar-refractivity contribution in [3.8, 4) is 5.75 Å². The molecule has 0 aliphatic carbocycles. The molecule has 0 aliphatic rings. The number of rotatable bonds is 4. The third kappa shape index (κ3) is 2.90. The molecule has 0 aliphatic heterocycles. The van der Waals surface area contributed by atoms with Crippen molar-refractivity contribution in [2.75, 3.05) is 0 Å². The second kappa shape index (κ2) is 5.84. The lowest BCUT2D eigenvalue weighted by molar-refractivity contribution is -0.384. The van der Waals surface area contributed by atoms with Gasteiger partial charge in [-0.15, -0.1) is 0 Å². The van der Waals surface area contributed by atoms with Gasteiger partial charge in [-0.1, -0.05) is 5.16 Å². The minimum absolute atomic E-state index is 0.0378. The highest BCUT2D eigenvalue weighted by atomic mass is 16.6. The van der Waals surface area contributed by atoms with Crippen LogP contribution in [0.3, 0.4) is 0 Å². The molecule has 0 unspecified atom stereocenters. The Morgan fingerprint density at radius 3 is 2.64 bits per heavy atom. The summed E-state index contributed by atoms with van der Waals surface area (Å²) in [6, 6.07) is 2.93. The van der Waals surface area contributed by atoms with Gasteiger partial charge in [-0.05, 0) is 26.8 Å². The molecule has 8 heteroatoms. The number of non-ortho nitro benzene ring substituents is 1. The number of aromatic nitrogens is 1. The summed E-state index contributed by atoms with van der Waals surface area (Å²) in [6.45, 7) is 5.26. The van der Waals surface area contributed by atoms with Crippen LogP contribution in [0.1, 0.15) is 40.3 Å². The van der Waals surface area contributed by atoms with Crippen molar-refractivity contribution in [3.63, 3.8) is 0 Å². The second-order valence-corrected chi connectivity index (χ2v) is 4.89. The van der Waals surface area contributed by atoms with Crippen molar-refractivity contribution < 1.29 is 19.3 Å². The van der Waals surface area contributed by atoms with Crippen LogP contribution >= 0.6 is 0 Å². The Morgan fingerprint density at radius 2 is 2.14 bits per heavy atom. The number of nitro benzene ring substituents is 1. The number of nitrogens with zero attached hydrogens (tertiary/aromatic N) is 2. The monoisotopic (exact) mass is 305 g/mol. The van der Waals surface area contributed by atoms with Gasteiger partial charge >= 0.3 is 0 Å². The lowest BCUT2D eigenvalue weighted by Gasteiger charge is -2.14. The highest BCUT2D eigenvalue weighted by Gasteiger charge is 2.21. The zero-order chi connectivity index (χ0) is 16.4. The molecule has 1 amide bonds. The van der Waals surface area contributed by atoms with Gasteiger partial charge < -0.3 is 14.9 Å². The lowest BCUT2D eigenvalue weighted by Crippen LogP contribution is -2.27. The molecule has 2 aromatic rings. The van der Waals surface area contributed by atoms with Crippen LogP contribution in [0.25, 0.3) is 0 Å². The molecular formula is C14H15N3O5. The van der Waals surface area contributed by atoms with Crippen LogP contribution in [-0.2, 0) is 0 Å². The Morgan fingerprint density at radius 1 is 1.45 bits per heavy atom. The van der Waals surface area contributed by atoms with E-state index in [1.165, 1.54) is 6.07 Å². The molecule has 0 fully saturated rings. The second-order valence-electron chi connectivity index (χ2n) is 4.89. The Labute approximate surface area is 125 Å². The van der Waals surface area contributed by atoms with Crippen LogP contribution in [0.5, 0.6) is 5.75 Å². The van der Waals surface area contributed by atoms with E-state index in [0.29, 0.717) is 11.5 Å². The number of amides is 1. The van der Waals surface area contributed by atoms with E-state index in [-0.39, 0.29) is 17.3 Å². The van der Waals surface area contributed by atoms with Gasteiger partial charge in [0.05, 0.1) is 28.3 Å². The van der Waals surface area contributed by atoms with Crippen LogP contribution in [0.2, 0.25) is 0 Å². The van der Waals surface area contributed by atoms with Gasteiger partial charge in [-0.25, -0.2) is 0 Å². The number of carbonyl (C=O) groups excluding carboxylic acids is 1. The number of hydrogen-bond acceptors (Lipinski definition) is 6. The Kier molecular flexibility index (Phi) is 4.11. The largest absolute Gasteiger partial charge is 0.507 e. The minimum atomic E-state index is -0.645. The van der Waals surface area contributed by atoms with E-state index in [0.717, 1.165) is 17.7 Å². The Bertz CT molecular complexity index is 719. The first-order valence-electron chi connectivity index (χ1n) is 6.52. The molecule has 1 atom stereocenters. The molecule has 116 valence electrons. The Hall–Kier alpha value is -2.90. The van der Waals surface area contributed by atoms with Gasteiger partial charge in [0.15, 0.2) is 0 Å². The van der Waals surface area contributed by atoms with E-state index in [4.69, 9.17) is 4.52 Å². The average molecular weight is 305 g/mol. The number of carbonyl (C=O) groups is 1. The number of phenols is 1.